The van der Waals surface area contributed by atoms with Crippen LogP contribution in [0, 0.1) is 0 Å². The molecule has 3 aliphatic heterocycles. The zero-order chi connectivity index (χ0) is 55.9. The summed E-state index contributed by atoms with van der Waals surface area (Å²) in [5.41, 5.74) is 9.40. The molecule has 0 unspecified atom stereocenters. The Kier molecular flexibility index (Phi) is 12.3. The SMILES string of the molecule is Brc1ccc2c3ccccc3n(-c3ccc4oc5ccccc5c4c3)c2c1.CC1(C)OB(B2OC(C)(C)C(C)(C)O2)OC1(C)C.CC1(C)OB(c2ccc3c4ccccc4n(-c4ccc5oc6ccccc6c5c4)c3c2)OC1(C)C. The number of furan rings is 2. The summed E-state index contributed by atoms with van der Waals surface area (Å²) in [5, 5.41) is 9.48. The first-order valence-corrected chi connectivity index (χ1v) is 28.4. The maximum Gasteiger partial charge on any atom is 0.494 e. The molecule has 0 amide bonds. The smallest absolute Gasteiger partial charge is 0.456 e. The summed E-state index contributed by atoms with van der Waals surface area (Å²) >= 11 is 3.63. The molecule has 14 heteroatoms. The molecule has 0 spiro atoms. The minimum atomic E-state index is -0.476. The van der Waals surface area contributed by atoms with E-state index in [9.17, 15) is 0 Å². The normalized spacial score (nSPS) is 18.8. The highest BCUT2D eigenvalue weighted by Gasteiger charge is 2.64. The average Bonchev–Trinajstić information content (AvgIpc) is 4.44. The molecule has 10 nitrogen and oxygen atoms in total. The summed E-state index contributed by atoms with van der Waals surface area (Å²) in [6, 6.07) is 59.4. The highest BCUT2D eigenvalue weighted by atomic mass is 79.9. The molecular formula is C66H64B3BrN2O8. The van der Waals surface area contributed by atoms with Gasteiger partial charge in [0.15, 0.2) is 0 Å². The Hall–Kier alpha value is -6.61. The second-order valence-corrected chi connectivity index (χ2v) is 25.5. The molecule has 0 N–H and O–H groups in total. The number of fused-ring (bicyclic) bond motifs is 12. The Morgan fingerprint density at radius 3 is 1.11 bits per heavy atom. The molecule has 80 heavy (non-hydrogen) atoms. The van der Waals surface area contributed by atoms with Crippen molar-refractivity contribution in [2.75, 3.05) is 0 Å². The minimum absolute atomic E-state index is 0.360. The quantitative estimate of drug-likeness (QED) is 0.161. The van der Waals surface area contributed by atoms with E-state index < -0.39 is 21.1 Å². The summed E-state index contributed by atoms with van der Waals surface area (Å²) in [7, 11) is -1.36. The fourth-order valence-electron chi connectivity index (χ4n) is 11.3. The molecule has 0 atom stereocenters. The van der Waals surface area contributed by atoms with Crippen molar-refractivity contribution in [1.29, 1.82) is 0 Å². The van der Waals surface area contributed by atoms with Crippen LogP contribution >= 0.6 is 15.9 Å². The van der Waals surface area contributed by atoms with Crippen LogP contribution in [0.1, 0.15) is 83.1 Å². The van der Waals surface area contributed by atoms with Gasteiger partial charge in [-0.2, -0.15) is 0 Å². The van der Waals surface area contributed by atoms with Crippen molar-refractivity contribution < 1.29 is 36.8 Å². The van der Waals surface area contributed by atoms with Gasteiger partial charge in [0.2, 0.25) is 0 Å². The Morgan fingerprint density at radius 1 is 0.312 bits per heavy atom. The number of benzene rings is 8. The standard InChI is InChI=1S/C30H26BNO3.C24H14BrNO.C12H24B2O4/c1-29(2)30(3,4)35-31(34-29)19-13-15-22-21-9-5-7-11-25(21)32(26(22)17-19)20-14-16-28-24(18-20)23-10-6-8-12-27(23)33-28;25-15-9-11-18-17-5-1-3-7-21(17)26(22(18)13-15)16-10-12-24-20(14-16)19-6-2-4-8-23(19)27-24;1-9(2)10(3,4)16-13(15-9)14-17-11(5,6)12(7,8)18-14/h5-18H,1-4H3;1-14H;1-8H3. The Balaban J connectivity index is 0.000000120. The van der Waals surface area contributed by atoms with Crippen LogP contribution in [0.25, 0.3) is 98.9 Å². The summed E-state index contributed by atoms with van der Waals surface area (Å²) in [6.07, 6.45) is 0. The third-order valence-corrected chi connectivity index (χ3v) is 18.4. The number of aromatic nitrogens is 2. The van der Waals surface area contributed by atoms with Crippen molar-refractivity contribution in [3.8, 4) is 11.4 Å². The van der Waals surface area contributed by atoms with Gasteiger partial charge >= 0.3 is 21.1 Å². The van der Waals surface area contributed by atoms with Crippen LogP contribution in [-0.4, -0.2) is 63.9 Å². The summed E-state index contributed by atoms with van der Waals surface area (Å²) < 4.78 is 54.4. The van der Waals surface area contributed by atoms with Gasteiger partial charge in [-0.1, -0.05) is 107 Å². The van der Waals surface area contributed by atoms with E-state index in [-0.39, 0.29) is 33.6 Å². The summed E-state index contributed by atoms with van der Waals surface area (Å²) in [4.78, 5) is 0. The number of nitrogens with zero attached hydrogens (tertiary/aromatic N) is 2. The lowest BCUT2D eigenvalue weighted by atomic mass is 9.49. The molecule has 0 radical (unpaired) electrons. The molecule has 4 aromatic heterocycles. The second kappa shape index (κ2) is 18.7. The largest absolute Gasteiger partial charge is 0.494 e. The van der Waals surface area contributed by atoms with Gasteiger partial charge < -0.3 is 45.9 Å². The van der Waals surface area contributed by atoms with Gasteiger partial charge in [0.25, 0.3) is 0 Å². The zero-order valence-corrected chi connectivity index (χ0v) is 49.0. The van der Waals surface area contributed by atoms with E-state index >= 15 is 0 Å². The van der Waals surface area contributed by atoms with Crippen LogP contribution < -0.4 is 5.46 Å². The predicted molar refractivity (Wildman–Crippen MR) is 332 cm³/mol. The number of rotatable bonds is 4. The second-order valence-electron chi connectivity index (χ2n) is 24.5. The first-order chi connectivity index (χ1) is 38.0. The number of hydrogen-bond acceptors (Lipinski definition) is 8. The molecule has 402 valence electrons. The fraction of sp³-hybridized carbons (Fsp3) is 0.273. The van der Waals surface area contributed by atoms with Crippen molar-refractivity contribution in [2.24, 2.45) is 0 Å². The van der Waals surface area contributed by atoms with Gasteiger partial charge in [0.1, 0.15) is 22.3 Å². The van der Waals surface area contributed by atoms with Crippen LogP contribution in [-0.2, 0) is 27.9 Å². The molecule has 7 heterocycles. The molecule has 3 fully saturated rings. The van der Waals surface area contributed by atoms with Crippen LogP contribution in [0.15, 0.2) is 183 Å². The van der Waals surface area contributed by atoms with Crippen LogP contribution in [0.4, 0.5) is 0 Å². The monoisotopic (exact) mass is 1120 g/mol. The van der Waals surface area contributed by atoms with E-state index in [1.54, 1.807) is 0 Å². The van der Waals surface area contributed by atoms with Gasteiger partial charge in [-0.15, -0.1) is 0 Å². The lowest BCUT2D eigenvalue weighted by molar-refractivity contribution is 0.00578. The van der Waals surface area contributed by atoms with E-state index in [2.05, 4.69) is 198 Å². The predicted octanol–water partition coefficient (Wildman–Crippen LogP) is 16.7. The van der Waals surface area contributed by atoms with Crippen molar-refractivity contribution >= 4 is 130 Å². The van der Waals surface area contributed by atoms with Gasteiger partial charge in [-0.25, -0.2) is 0 Å². The van der Waals surface area contributed by atoms with Crippen molar-refractivity contribution in [3.05, 3.63) is 174 Å². The maximum absolute atomic E-state index is 6.37. The van der Waals surface area contributed by atoms with Gasteiger partial charge in [0, 0.05) is 58.9 Å². The van der Waals surface area contributed by atoms with E-state index in [1.165, 1.54) is 38.1 Å². The van der Waals surface area contributed by atoms with E-state index in [0.717, 1.165) is 70.7 Å². The number of para-hydroxylation sites is 4. The van der Waals surface area contributed by atoms with Crippen LogP contribution in [0.3, 0.4) is 0 Å². The number of hydrogen-bond donors (Lipinski definition) is 0. The molecular weight excluding hydrogens is 1060 g/mol. The molecule has 0 bridgehead atoms. The topological polar surface area (TPSA) is 91.5 Å². The van der Waals surface area contributed by atoms with Gasteiger partial charge in [-0.3, -0.25) is 0 Å². The molecule has 0 aliphatic carbocycles. The summed E-state index contributed by atoms with van der Waals surface area (Å²) in [5.74, 6) is 0. The molecule has 3 aliphatic rings. The average molecular weight is 1130 g/mol. The molecule has 8 aromatic carbocycles. The Morgan fingerprint density at radius 2 is 0.662 bits per heavy atom. The Labute approximate surface area is 475 Å². The fourth-order valence-corrected chi connectivity index (χ4v) is 11.7. The molecule has 15 rings (SSSR count). The van der Waals surface area contributed by atoms with Crippen molar-refractivity contribution in [3.63, 3.8) is 0 Å². The lowest BCUT2D eigenvalue weighted by Gasteiger charge is -2.32. The minimum Gasteiger partial charge on any atom is -0.456 e. The van der Waals surface area contributed by atoms with E-state index in [4.69, 9.17) is 36.8 Å². The maximum atomic E-state index is 6.37. The third-order valence-electron chi connectivity index (χ3n) is 17.9. The lowest BCUT2D eigenvalue weighted by Crippen LogP contribution is -2.41. The Bertz CT molecular complexity index is 4330. The zero-order valence-electron chi connectivity index (χ0n) is 47.4. The van der Waals surface area contributed by atoms with Gasteiger partial charge in [-0.05, 0) is 167 Å². The third kappa shape index (κ3) is 8.64. The van der Waals surface area contributed by atoms with Crippen LogP contribution in [0.5, 0.6) is 0 Å². The highest BCUT2D eigenvalue weighted by molar-refractivity contribution is 9.10. The van der Waals surface area contributed by atoms with Crippen molar-refractivity contribution in [2.45, 2.75) is 117 Å². The van der Waals surface area contributed by atoms with Crippen molar-refractivity contribution in [1.82, 2.24) is 9.13 Å². The van der Waals surface area contributed by atoms with Crippen LogP contribution in [0.2, 0.25) is 0 Å². The number of halogens is 1. The highest BCUT2D eigenvalue weighted by Crippen LogP contribution is 2.44. The summed E-state index contributed by atoms with van der Waals surface area (Å²) in [6.45, 7) is 24.6. The van der Waals surface area contributed by atoms with E-state index in [0.29, 0.717) is 0 Å². The molecule has 12 aromatic rings. The first-order valence-electron chi connectivity index (χ1n) is 27.6. The molecule has 0 saturated carbocycles. The van der Waals surface area contributed by atoms with Gasteiger partial charge in [0.05, 0.1) is 55.7 Å². The molecule has 3 saturated heterocycles. The van der Waals surface area contributed by atoms with E-state index in [1.807, 2.05) is 79.7 Å². The first kappa shape index (κ1) is 52.7.